The van der Waals surface area contributed by atoms with Crippen LogP contribution in [0.25, 0.3) is 43.1 Å². The number of hydrogen-bond acceptors (Lipinski definition) is 3. The molecule has 12 aromatic rings. The van der Waals surface area contributed by atoms with Gasteiger partial charge in [-0.25, -0.2) is 0 Å². The molecule has 0 radical (unpaired) electrons. The summed E-state index contributed by atoms with van der Waals surface area (Å²) in [5.74, 6) is 0. The number of rotatable bonds is 8. The Balaban J connectivity index is 0.000000277. The number of nitrogens with zero attached hydrogens (tertiary/aromatic N) is 2. The molecule has 0 bridgehead atoms. The predicted octanol–water partition coefficient (Wildman–Crippen LogP) is 40.6. The lowest BCUT2D eigenvalue weighted by molar-refractivity contribution is 0.567. The maximum absolute atomic E-state index is 3.87. The van der Waals surface area contributed by atoms with Crippen molar-refractivity contribution in [1.29, 1.82) is 0 Å². The Morgan fingerprint density at radius 1 is 0.150 bits per heavy atom. The van der Waals surface area contributed by atoms with E-state index in [1.165, 1.54) is 187 Å². The van der Waals surface area contributed by atoms with E-state index >= 15 is 0 Å². The van der Waals surface area contributed by atoms with Crippen molar-refractivity contribution in [3.05, 3.63) is 280 Å². The molecule has 0 spiro atoms. The average Bonchev–Trinajstić information content (AvgIpc) is 0.708. The van der Waals surface area contributed by atoms with Crippen LogP contribution in [0.1, 0.15) is 421 Å². The van der Waals surface area contributed by atoms with E-state index in [9.17, 15) is 0 Å². The van der Waals surface area contributed by atoms with Crippen LogP contribution in [0.3, 0.4) is 0 Å². The zero-order chi connectivity index (χ0) is 101. The summed E-state index contributed by atoms with van der Waals surface area (Å²) in [6.45, 7) is 112. The molecule has 0 aliphatic carbocycles. The van der Waals surface area contributed by atoms with Gasteiger partial charge < -0.3 is 15.1 Å². The largest absolute Gasteiger partial charge is 0.355 e. The van der Waals surface area contributed by atoms with Gasteiger partial charge in [0.2, 0.25) is 0 Å². The normalized spacial score (nSPS) is 13.6. The fourth-order valence-electron chi connectivity index (χ4n) is 17.2. The summed E-state index contributed by atoms with van der Waals surface area (Å²) in [4.78, 5) is 5.40. The van der Waals surface area contributed by atoms with Crippen LogP contribution >= 0.6 is 31.9 Å². The van der Waals surface area contributed by atoms with Crippen molar-refractivity contribution in [2.24, 2.45) is 0 Å². The Bertz CT molecular complexity index is 5580. The standard InChI is InChI=1S/C78H108N2.C28H43N.C22H24Br2/c1-69(2,3)49-31-33-63-65(47-49)67(79(59-39-51(71(7,8)9)35-52(40-59)72(10,11)12)60-41-53(73(13,14)15)36-54(42-60)74(16,17)18)64-34-32-50(70(4,5)6)48-66(64)68(63)80(61-43-55(75(19,20)21)37-56(44-61)76(22,23)24)62-45-57(77(25,26)27)38-58(46-62)78(28,29)30;1-25(2,3)19-13-20(26(4,5)6)16-23(15-19)29-24-17-21(27(7,8)9)14-22(18-24)28(10,11)12;1-21(2,3)13-7-9-15-17(11-13)19(23)16-10-8-14(22(4,5)6)12-18(16)20(15)24/h31-48H,1-30H3;13-18,29H,1-12H3;7-12H,1-6H3. The highest BCUT2D eigenvalue weighted by Gasteiger charge is 2.37. The van der Waals surface area contributed by atoms with Crippen molar-refractivity contribution in [1.82, 2.24) is 0 Å². The second-order valence-corrected chi connectivity index (χ2v) is 57.4. The quantitative estimate of drug-likeness (QED) is 0.121. The van der Waals surface area contributed by atoms with Crippen LogP contribution < -0.4 is 15.1 Å². The molecule has 0 heterocycles. The molecule has 0 aliphatic heterocycles. The lowest BCUT2D eigenvalue weighted by Crippen LogP contribution is -2.23. The third-order valence-corrected chi connectivity index (χ3v) is 28.9. The fraction of sp³-hybridized carbons (Fsp3) is 0.500. The molecule has 0 aliphatic rings. The van der Waals surface area contributed by atoms with E-state index in [4.69, 9.17) is 0 Å². The first-order valence-corrected chi connectivity index (χ1v) is 51.2. The van der Waals surface area contributed by atoms with Crippen LogP contribution in [0.5, 0.6) is 0 Å². The van der Waals surface area contributed by atoms with E-state index in [0.717, 1.165) is 0 Å². The summed E-state index contributed by atoms with van der Waals surface area (Å²) in [5.41, 5.74) is 30.5. The minimum Gasteiger partial charge on any atom is -0.355 e. The number of nitrogens with one attached hydrogen (secondary N) is 1. The highest BCUT2D eigenvalue weighted by Crippen LogP contribution is 2.57. The summed E-state index contributed by atoms with van der Waals surface area (Å²) < 4.78 is 2.37. The molecule has 133 heavy (non-hydrogen) atoms. The zero-order valence-corrected chi connectivity index (χ0v) is 95.6. The van der Waals surface area contributed by atoms with Gasteiger partial charge in [-0.2, -0.15) is 0 Å². The highest BCUT2D eigenvalue weighted by molar-refractivity contribution is 9.11. The monoisotopic (exact) mass is 1910 g/mol. The van der Waals surface area contributed by atoms with E-state index in [1.54, 1.807) is 0 Å². The molecule has 0 atom stereocenters. The predicted molar refractivity (Wildman–Crippen MR) is 603 cm³/mol. The first-order valence-electron chi connectivity index (χ1n) is 49.6. The zero-order valence-electron chi connectivity index (χ0n) is 92.5. The van der Waals surface area contributed by atoms with Gasteiger partial charge in [0.25, 0.3) is 0 Å². The Hall–Kier alpha value is -7.96. The molecule has 0 amide bonds. The van der Waals surface area contributed by atoms with Crippen LogP contribution in [0.4, 0.5) is 45.5 Å². The molecule has 716 valence electrons. The molecule has 0 fully saturated rings. The topological polar surface area (TPSA) is 18.5 Å². The van der Waals surface area contributed by atoms with Crippen molar-refractivity contribution >= 4 is 120 Å². The molecule has 0 saturated carbocycles. The van der Waals surface area contributed by atoms with Crippen molar-refractivity contribution in [3.8, 4) is 0 Å². The third-order valence-electron chi connectivity index (χ3n) is 27.2. The number of fused-ring (bicyclic) bond motifs is 4. The number of halogens is 2. The maximum atomic E-state index is 3.87. The third kappa shape index (κ3) is 25.0. The molecule has 0 aromatic heterocycles. The van der Waals surface area contributed by atoms with E-state index in [-0.39, 0.29) is 86.6 Å². The second-order valence-electron chi connectivity index (χ2n) is 55.8. The smallest absolute Gasteiger partial charge is 0.0620 e. The van der Waals surface area contributed by atoms with Gasteiger partial charge in [0.05, 0.1) is 11.4 Å². The lowest BCUT2D eigenvalue weighted by atomic mass is 9.78. The number of anilines is 8. The summed E-state index contributed by atoms with van der Waals surface area (Å²) >= 11 is 7.74. The van der Waals surface area contributed by atoms with Crippen LogP contribution in [0.15, 0.2) is 191 Å². The Kier molecular flexibility index (Phi) is 29.3. The summed E-state index contributed by atoms with van der Waals surface area (Å²) in [5, 5.41) is 13.7. The average molecular weight is 1920 g/mol. The van der Waals surface area contributed by atoms with Gasteiger partial charge in [0, 0.05) is 64.6 Å². The Labute approximate surface area is 828 Å². The minimum atomic E-state index is -0.135. The van der Waals surface area contributed by atoms with Crippen LogP contribution in [-0.4, -0.2) is 0 Å². The second kappa shape index (κ2) is 36.4. The molecule has 5 heteroatoms. The van der Waals surface area contributed by atoms with Crippen LogP contribution in [0.2, 0.25) is 0 Å². The first-order chi connectivity index (χ1) is 59.8. The van der Waals surface area contributed by atoms with Gasteiger partial charge in [-0.15, -0.1) is 0 Å². The van der Waals surface area contributed by atoms with Gasteiger partial charge >= 0.3 is 0 Å². The van der Waals surface area contributed by atoms with Gasteiger partial charge in [-0.3, -0.25) is 0 Å². The van der Waals surface area contributed by atoms with E-state index < -0.39 is 0 Å². The first kappa shape index (κ1) is 107. The molecule has 12 aromatic carbocycles. The highest BCUT2D eigenvalue weighted by atomic mass is 79.9. The van der Waals surface area contributed by atoms with E-state index in [0.29, 0.717) is 0 Å². The Morgan fingerprint density at radius 3 is 0.451 bits per heavy atom. The maximum Gasteiger partial charge on any atom is 0.0620 e. The lowest BCUT2D eigenvalue weighted by Gasteiger charge is -2.37. The molecular weight excluding hydrogens is 1740 g/mol. The molecule has 0 unspecified atom stereocenters. The van der Waals surface area contributed by atoms with Crippen molar-refractivity contribution in [2.75, 3.05) is 15.1 Å². The van der Waals surface area contributed by atoms with Crippen molar-refractivity contribution in [2.45, 2.75) is 419 Å². The molecule has 12 rings (SSSR count). The summed E-state index contributed by atoms with van der Waals surface area (Å²) in [6, 6.07) is 72.7. The van der Waals surface area contributed by atoms with Gasteiger partial charge in [-0.1, -0.05) is 417 Å². The SMILES string of the molecule is CC(C)(C)c1cc(N(c2cc(C(C)(C)C)cc(C(C)(C)C)c2)c2c3ccc(C(C)(C)C)cc3c(N(c3cc(C(C)(C)C)cc(C(C)(C)C)c3)c3cc(C(C)(C)C)cc(C(C)(C)C)c3)c3ccc(C(C)(C)C)cc23)cc(C(C)(C)C)c1.CC(C)(C)c1cc(Nc2cc(C(C)(C)C)cc(C(C)(C)C)c2)cc(C(C)(C)C)c1.CC(C)(C)c1ccc2c(Br)c3cc(C(C)(C)C)ccc3c(Br)c2c1. The minimum absolute atomic E-state index is 0.109. The van der Waals surface area contributed by atoms with E-state index in [2.05, 4.69) is 561 Å². The van der Waals surface area contributed by atoms with E-state index in [1.807, 2.05) is 0 Å². The van der Waals surface area contributed by atoms with Crippen molar-refractivity contribution in [3.63, 3.8) is 0 Å². The van der Waals surface area contributed by atoms with Gasteiger partial charge in [0.15, 0.2) is 0 Å². The fourth-order valence-corrected chi connectivity index (χ4v) is 18.5. The summed E-state index contributed by atoms with van der Waals surface area (Å²) in [7, 11) is 0. The molecule has 0 saturated heterocycles. The van der Waals surface area contributed by atoms with Crippen molar-refractivity contribution < 1.29 is 0 Å². The Morgan fingerprint density at radius 2 is 0.293 bits per heavy atom. The van der Waals surface area contributed by atoms with Gasteiger partial charge in [-0.05, 0) is 326 Å². The molecule has 3 nitrogen and oxygen atoms in total. The van der Waals surface area contributed by atoms with Gasteiger partial charge in [0.1, 0.15) is 0 Å². The van der Waals surface area contributed by atoms with Crippen LogP contribution in [-0.2, 0) is 86.6 Å². The van der Waals surface area contributed by atoms with Crippen LogP contribution in [0, 0.1) is 0 Å². The summed E-state index contributed by atoms with van der Waals surface area (Å²) in [6.07, 6.45) is 0. The molecular formula is C128H175Br2N3. The number of hydrogen-bond donors (Lipinski definition) is 1. The molecule has 1 N–H and O–H groups in total. The number of benzene rings is 12.